The lowest BCUT2D eigenvalue weighted by atomic mass is 10.3. The Labute approximate surface area is 171 Å². The van der Waals surface area contributed by atoms with E-state index >= 15 is 0 Å². The standard InChI is InChI=1S/C17H16Cl2FN3O4S/c18-12-5-4-11(28(25,26)23-6-8-27-9-7-23)10-15(12)21-17(24)22-16-13(19)2-1-3-14(16)20/h1-5,10H,6-9H2,(H2,21,22,24). The fraction of sp³-hybridized carbons (Fsp3) is 0.235. The first-order chi connectivity index (χ1) is 13.3. The van der Waals surface area contributed by atoms with Crippen molar-refractivity contribution in [3.05, 3.63) is 52.3 Å². The molecule has 2 N–H and O–H groups in total. The molecule has 2 aromatic carbocycles. The molecule has 0 atom stereocenters. The van der Waals surface area contributed by atoms with Crippen LogP contribution in [0.15, 0.2) is 41.3 Å². The molecule has 28 heavy (non-hydrogen) atoms. The minimum atomic E-state index is -3.77. The van der Waals surface area contributed by atoms with Gasteiger partial charge in [0.25, 0.3) is 0 Å². The van der Waals surface area contributed by atoms with Crippen molar-refractivity contribution in [3.63, 3.8) is 0 Å². The van der Waals surface area contributed by atoms with Gasteiger partial charge in [0.1, 0.15) is 5.82 Å². The van der Waals surface area contributed by atoms with Crippen LogP contribution in [0.4, 0.5) is 20.6 Å². The Morgan fingerprint density at radius 3 is 2.46 bits per heavy atom. The smallest absolute Gasteiger partial charge is 0.323 e. The number of morpholine rings is 1. The highest BCUT2D eigenvalue weighted by molar-refractivity contribution is 7.89. The highest BCUT2D eigenvalue weighted by Crippen LogP contribution is 2.29. The highest BCUT2D eigenvalue weighted by atomic mass is 35.5. The molecule has 1 heterocycles. The van der Waals surface area contributed by atoms with E-state index < -0.39 is 21.9 Å². The van der Waals surface area contributed by atoms with Crippen LogP contribution in [0.1, 0.15) is 0 Å². The fourth-order valence-electron chi connectivity index (χ4n) is 2.58. The molecule has 0 aromatic heterocycles. The minimum absolute atomic E-state index is 0.0184. The fourth-order valence-corrected chi connectivity index (χ4v) is 4.39. The average molecular weight is 448 g/mol. The predicted molar refractivity (Wildman–Crippen MR) is 105 cm³/mol. The number of benzene rings is 2. The van der Waals surface area contributed by atoms with Crippen LogP contribution in [0, 0.1) is 5.82 Å². The zero-order valence-corrected chi connectivity index (χ0v) is 16.7. The van der Waals surface area contributed by atoms with Crippen molar-refractivity contribution in [3.8, 4) is 0 Å². The normalized spacial score (nSPS) is 15.2. The monoisotopic (exact) mass is 447 g/mol. The third kappa shape index (κ3) is 4.56. The van der Waals surface area contributed by atoms with Gasteiger partial charge in [0.2, 0.25) is 10.0 Å². The number of amides is 2. The molecule has 0 unspecified atom stereocenters. The van der Waals surface area contributed by atoms with E-state index in [9.17, 15) is 17.6 Å². The quantitative estimate of drug-likeness (QED) is 0.745. The molecule has 7 nitrogen and oxygen atoms in total. The second kappa shape index (κ2) is 8.62. The SMILES string of the molecule is O=C(Nc1cc(S(=O)(=O)N2CCOCC2)ccc1Cl)Nc1c(F)cccc1Cl. The van der Waals surface area contributed by atoms with Gasteiger partial charge in [0, 0.05) is 13.1 Å². The third-order valence-electron chi connectivity index (χ3n) is 4.00. The predicted octanol–water partition coefficient (Wildman–Crippen LogP) is 3.80. The van der Waals surface area contributed by atoms with Crippen molar-refractivity contribution in [1.29, 1.82) is 0 Å². The van der Waals surface area contributed by atoms with Gasteiger partial charge in [-0.1, -0.05) is 29.3 Å². The molecule has 0 spiro atoms. The van der Waals surface area contributed by atoms with Crippen LogP contribution in [-0.4, -0.2) is 45.1 Å². The molecule has 1 aliphatic rings. The molecule has 0 radical (unpaired) electrons. The van der Waals surface area contributed by atoms with E-state index in [0.717, 1.165) is 6.07 Å². The first kappa shape index (κ1) is 20.8. The van der Waals surface area contributed by atoms with E-state index in [1.165, 1.54) is 34.6 Å². The Balaban J connectivity index is 1.81. The molecule has 1 saturated heterocycles. The number of hydrogen-bond acceptors (Lipinski definition) is 4. The van der Waals surface area contributed by atoms with Gasteiger partial charge < -0.3 is 15.4 Å². The number of carbonyl (C=O) groups is 1. The molecule has 11 heteroatoms. The summed E-state index contributed by atoms with van der Waals surface area (Å²) >= 11 is 11.9. The summed E-state index contributed by atoms with van der Waals surface area (Å²) in [6, 6.07) is 7.10. The van der Waals surface area contributed by atoms with E-state index in [2.05, 4.69) is 10.6 Å². The summed E-state index contributed by atoms with van der Waals surface area (Å²) in [5.74, 6) is -0.711. The Bertz CT molecular complexity index is 978. The summed E-state index contributed by atoms with van der Waals surface area (Å²) < 4.78 is 45.8. The number of urea groups is 1. The van der Waals surface area contributed by atoms with Crippen molar-refractivity contribution in [2.24, 2.45) is 0 Å². The number of ether oxygens (including phenoxy) is 1. The van der Waals surface area contributed by atoms with Gasteiger partial charge >= 0.3 is 6.03 Å². The van der Waals surface area contributed by atoms with Gasteiger partial charge in [-0.25, -0.2) is 17.6 Å². The van der Waals surface area contributed by atoms with Crippen molar-refractivity contribution in [1.82, 2.24) is 4.31 Å². The maximum absolute atomic E-state index is 13.8. The number of rotatable bonds is 4. The number of hydrogen-bond donors (Lipinski definition) is 2. The van der Waals surface area contributed by atoms with E-state index in [0.29, 0.717) is 13.2 Å². The van der Waals surface area contributed by atoms with Gasteiger partial charge in [-0.15, -0.1) is 0 Å². The van der Waals surface area contributed by atoms with Crippen molar-refractivity contribution in [2.75, 3.05) is 36.9 Å². The van der Waals surface area contributed by atoms with Crippen LogP contribution in [-0.2, 0) is 14.8 Å². The zero-order chi connectivity index (χ0) is 20.3. The van der Waals surface area contributed by atoms with E-state index in [1.807, 2.05) is 0 Å². The largest absolute Gasteiger partial charge is 0.379 e. The van der Waals surface area contributed by atoms with Gasteiger partial charge in [-0.05, 0) is 30.3 Å². The first-order valence-corrected chi connectivity index (χ1v) is 10.4. The Hall–Kier alpha value is -1.91. The zero-order valence-electron chi connectivity index (χ0n) is 14.4. The molecule has 2 aromatic rings. The second-order valence-electron chi connectivity index (χ2n) is 5.83. The summed E-state index contributed by atoms with van der Waals surface area (Å²) in [5, 5.41) is 4.84. The summed E-state index contributed by atoms with van der Waals surface area (Å²) in [5.41, 5.74) is -0.143. The molecular weight excluding hydrogens is 432 g/mol. The number of nitrogens with one attached hydrogen (secondary N) is 2. The summed E-state index contributed by atoms with van der Waals surface area (Å²) in [6.45, 7) is 1.09. The number of nitrogens with zero attached hydrogens (tertiary/aromatic N) is 1. The van der Waals surface area contributed by atoms with E-state index in [-0.39, 0.29) is 39.4 Å². The second-order valence-corrected chi connectivity index (χ2v) is 8.59. The maximum atomic E-state index is 13.8. The van der Waals surface area contributed by atoms with E-state index in [1.54, 1.807) is 0 Å². The topological polar surface area (TPSA) is 87.7 Å². The summed E-state index contributed by atoms with van der Waals surface area (Å²) in [7, 11) is -3.77. The van der Waals surface area contributed by atoms with Crippen LogP contribution in [0.25, 0.3) is 0 Å². The third-order valence-corrected chi connectivity index (χ3v) is 6.53. The summed E-state index contributed by atoms with van der Waals surface area (Å²) in [6.07, 6.45) is 0. The van der Waals surface area contributed by atoms with Gasteiger partial charge in [-0.2, -0.15) is 4.31 Å². The lowest BCUT2D eigenvalue weighted by molar-refractivity contribution is 0.0730. The van der Waals surface area contributed by atoms with Gasteiger partial charge in [0.15, 0.2) is 0 Å². The number of anilines is 2. The highest BCUT2D eigenvalue weighted by Gasteiger charge is 2.27. The Morgan fingerprint density at radius 1 is 1.07 bits per heavy atom. The van der Waals surface area contributed by atoms with Crippen LogP contribution >= 0.6 is 23.2 Å². The van der Waals surface area contributed by atoms with Crippen molar-refractivity contribution in [2.45, 2.75) is 4.90 Å². The molecule has 0 bridgehead atoms. The average Bonchev–Trinajstić information content (AvgIpc) is 2.67. The van der Waals surface area contributed by atoms with E-state index in [4.69, 9.17) is 27.9 Å². The molecule has 1 aliphatic heterocycles. The lowest BCUT2D eigenvalue weighted by Gasteiger charge is -2.26. The molecular formula is C17H16Cl2FN3O4S. The van der Waals surface area contributed by atoms with Gasteiger partial charge in [-0.3, -0.25) is 0 Å². The summed E-state index contributed by atoms with van der Waals surface area (Å²) in [4.78, 5) is 12.2. The number of para-hydroxylation sites is 1. The Kier molecular flexibility index (Phi) is 6.41. The molecule has 3 rings (SSSR count). The van der Waals surface area contributed by atoms with Crippen molar-refractivity contribution < 1.29 is 22.3 Å². The number of sulfonamides is 1. The molecule has 150 valence electrons. The van der Waals surface area contributed by atoms with Crippen LogP contribution in [0.5, 0.6) is 0 Å². The van der Waals surface area contributed by atoms with Crippen LogP contribution in [0.3, 0.4) is 0 Å². The minimum Gasteiger partial charge on any atom is -0.379 e. The maximum Gasteiger partial charge on any atom is 0.323 e. The molecule has 0 saturated carbocycles. The molecule has 0 aliphatic carbocycles. The number of carbonyl (C=O) groups excluding carboxylic acids is 1. The molecule has 1 fully saturated rings. The Morgan fingerprint density at radius 2 is 1.79 bits per heavy atom. The van der Waals surface area contributed by atoms with Crippen LogP contribution < -0.4 is 10.6 Å². The molecule has 2 amide bonds. The van der Waals surface area contributed by atoms with Crippen molar-refractivity contribution >= 4 is 50.6 Å². The number of halogens is 3. The lowest BCUT2D eigenvalue weighted by Crippen LogP contribution is -2.40. The van der Waals surface area contributed by atoms with Crippen LogP contribution in [0.2, 0.25) is 10.0 Å². The first-order valence-electron chi connectivity index (χ1n) is 8.18. The van der Waals surface area contributed by atoms with Gasteiger partial charge in [0.05, 0.1) is 39.5 Å².